The molecule has 14 heavy (non-hydrogen) atoms. The summed E-state index contributed by atoms with van der Waals surface area (Å²) >= 11 is 0. The van der Waals surface area contributed by atoms with Crippen LogP contribution >= 0.6 is 0 Å². The van der Waals surface area contributed by atoms with Crippen LogP contribution in [-0.2, 0) is 0 Å². The highest BCUT2D eigenvalue weighted by Crippen LogP contribution is 2.13. The zero-order valence-electron chi connectivity index (χ0n) is 7.33. The van der Waals surface area contributed by atoms with Gasteiger partial charge in [-0.2, -0.15) is 5.26 Å². The average Bonchev–Trinajstić information content (AvgIpc) is 2.26. The van der Waals surface area contributed by atoms with Gasteiger partial charge in [-0.05, 0) is 23.2 Å². The van der Waals surface area contributed by atoms with Crippen LogP contribution in [0, 0.1) is 11.3 Å². The van der Waals surface area contributed by atoms with E-state index in [-0.39, 0.29) is 6.54 Å². The van der Waals surface area contributed by atoms with Crippen LogP contribution < -0.4 is 0 Å². The van der Waals surface area contributed by atoms with Crippen LogP contribution in [0.25, 0.3) is 10.4 Å². The second-order valence-electron chi connectivity index (χ2n) is 2.66. The van der Waals surface area contributed by atoms with E-state index in [0.29, 0.717) is 11.1 Å². The summed E-state index contributed by atoms with van der Waals surface area (Å²) in [5.74, 6) is 0. The highest BCUT2D eigenvalue weighted by atomic mass is 16.3. The molecule has 0 amide bonds. The van der Waals surface area contributed by atoms with Crippen molar-refractivity contribution in [2.45, 2.75) is 6.10 Å². The van der Waals surface area contributed by atoms with E-state index in [2.05, 4.69) is 10.0 Å². The number of nitrogens with zero attached hydrogens (tertiary/aromatic N) is 4. The summed E-state index contributed by atoms with van der Waals surface area (Å²) in [7, 11) is 0. The van der Waals surface area contributed by atoms with Crippen LogP contribution in [0.3, 0.4) is 0 Å². The molecule has 0 heterocycles. The molecule has 70 valence electrons. The SMILES string of the molecule is N#Cc1ccc([C@@H](O)CN=[N+]=[N-])cc1. The fourth-order valence-electron chi connectivity index (χ4n) is 0.999. The van der Waals surface area contributed by atoms with E-state index in [1.165, 1.54) is 0 Å². The maximum Gasteiger partial charge on any atom is 0.0991 e. The summed E-state index contributed by atoms with van der Waals surface area (Å²) in [6, 6.07) is 8.45. The van der Waals surface area contributed by atoms with Crippen LogP contribution in [0.4, 0.5) is 0 Å². The minimum Gasteiger partial charge on any atom is -0.388 e. The average molecular weight is 188 g/mol. The lowest BCUT2D eigenvalue weighted by Crippen LogP contribution is -2.00. The molecule has 0 bridgehead atoms. The Morgan fingerprint density at radius 3 is 2.64 bits per heavy atom. The van der Waals surface area contributed by atoms with Crippen LogP contribution in [-0.4, -0.2) is 11.7 Å². The van der Waals surface area contributed by atoms with E-state index in [0.717, 1.165) is 0 Å². The lowest BCUT2D eigenvalue weighted by atomic mass is 10.1. The maximum absolute atomic E-state index is 9.47. The molecule has 0 spiro atoms. The lowest BCUT2D eigenvalue weighted by molar-refractivity contribution is 0.187. The normalized spacial score (nSPS) is 11.1. The predicted octanol–water partition coefficient (Wildman–Crippen LogP) is 1.90. The van der Waals surface area contributed by atoms with Gasteiger partial charge in [0.15, 0.2) is 0 Å². The highest BCUT2D eigenvalue weighted by Gasteiger charge is 2.05. The molecule has 1 rings (SSSR count). The molecular formula is C9H8N4O. The molecule has 0 saturated carbocycles. The van der Waals surface area contributed by atoms with Crippen molar-refractivity contribution < 1.29 is 5.11 Å². The second kappa shape index (κ2) is 4.87. The predicted molar refractivity (Wildman–Crippen MR) is 50.1 cm³/mol. The van der Waals surface area contributed by atoms with E-state index in [4.69, 9.17) is 10.8 Å². The zero-order chi connectivity index (χ0) is 10.4. The Morgan fingerprint density at radius 1 is 1.50 bits per heavy atom. The first-order valence-corrected chi connectivity index (χ1v) is 3.97. The van der Waals surface area contributed by atoms with E-state index in [1.54, 1.807) is 24.3 Å². The van der Waals surface area contributed by atoms with E-state index >= 15 is 0 Å². The van der Waals surface area contributed by atoms with Gasteiger partial charge in [-0.3, -0.25) is 0 Å². The molecule has 5 nitrogen and oxygen atoms in total. The van der Waals surface area contributed by atoms with Crippen LogP contribution in [0.1, 0.15) is 17.2 Å². The zero-order valence-corrected chi connectivity index (χ0v) is 7.33. The summed E-state index contributed by atoms with van der Waals surface area (Å²) in [6.45, 7) is 0.00238. The Bertz CT molecular complexity index is 386. The number of azide groups is 1. The quantitative estimate of drug-likeness (QED) is 0.445. The third-order valence-corrected chi connectivity index (χ3v) is 1.74. The monoisotopic (exact) mass is 188 g/mol. The van der Waals surface area contributed by atoms with E-state index in [9.17, 15) is 5.11 Å². The maximum atomic E-state index is 9.47. The Hall–Kier alpha value is -2.02. The van der Waals surface area contributed by atoms with Gasteiger partial charge in [0, 0.05) is 4.91 Å². The number of hydrogen-bond donors (Lipinski definition) is 1. The number of aliphatic hydroxyl groups is 1. The van der Waals surface area contributed by atoms with Gasteiger partial charge in [0.1, 0.15) is 0 Å². The van der Waals surface area contributed by atoms with Gasteiger partial charge in [-0.25, -0.2) is 0 Å². The standard InChI is InChI=1S/C9H8N4O/c10-5-7-1-3-8(4-2-7)9(14)6-12-13-11/h1-4,9,14H,6H2/t9-/m0/s1. The van der Waals surface area contributed by atoms with Gasteiger partial charge in [0.25, 0.3) is 0 Å². The molecule has 1 atom stereocenters. The smallest absolute Gasteiger partial charge is 0.0991 e. The number of aliphatic hydroxyl groups excluding tert-OH is 1. The van der Waals surface area contributed by atoms with Crippen molar-refractivity contribution in [3.8, 4) is 6.07 Å². The van der Waals surface area contributed by atoms with Crippen LogP contribution in [0.15, 0.2) is 29.4 Å². The molecule has 0 radical (unpaired) electrons. The molecule has 0 saturated heterocycles. The Balaban J connectivity index is 2.76. The molecule has 0 unspecified atom stereocenters. The molecule has 1 N–H and O–H groups in total. The minimum atomic E-state index is -0.807. The first kappa shape index (κ1) is 10.1. The highest BCUT2D eigenvalue weighted by molar-refractivity contribution is 5.32. The number of rotatable bonds is 3. The summed E-state index contributed by atoms with van der Waals surface area (Å²) in [6.07, 6.45) is -0.807. The third kappa shape index (κ3) is 2.49. The van der Waals surface area contributed by atoms with E-state index < -0.39 is 6.10 Å². The first-order chi connectivity index (χ1) is 6.77. The summed E-state index contributed by atoms with van der Waals surface area (Å²) < 4.78 is 0. The number of nitriles is 1. The Kier molecular flexibility index (Phi) is 3.50. The van der Waals surface area contributed by atoms with Crippen molar-refractivity contribution in [3.05, 3.63) is 45.8 Å². The van der Waals surface area contributed by atoms with Crippen molar-refractivity contribution in [1.29, 1.82) is 5.26 Å². The Morgan fingerprint density at radius 2 is 2.14 bits per heavy atom. The molecular weight excluding hydrogens is 180 g/mol. The third-order valence-electron chi connectivity index (χ3n) is 1.74. The number of hydrogen-bond acceptors (Lipinski definition) is 3. The van der Waals surface area contributed by atoms with Gasteiger partial charge >= 0.3 is 0 Å². The van der Waals surface area contributed by atoms with Gasteiger partial charge in [0.2, 0.25) is 0 Å². The van der Waals surface area contributed by atoms with E-state index in [1.807, 2.05) is 6.07 Å². The molecule has 0 aromatic heterocycles. The number of benzene rings is 1. The van der Waals surface area contributed by atoms with Gasteiger partial charge in [-0.1, -0.05) is 17.2 Å². The van der Waals surface area contributed by atoms with Crippen LogP contribution in [0.5, 0.6) is 0 Å². The van der Waals surface area contributed by atoms with Crippen molar-refractivity contribution in [1.82, 2.24) is 0 Å². The molecule has 0 aliphatic heterocycles. The van der Waals surface area contributed by atoms with Crippen LogP contribution in [0.2, 0.25) is 0 Å². The molecule has 1 aromatic rings. The van der Waals surface area contributed by atoms with Gasteiger partial charge in [-0.15, -0.1) is 0 Å². The second-order valence-corrected chi connectivity index (χ2v) is 2.66. The molecule has 5 heteroatoms. The minimum absolute atomic E-state index is 0.00238. The van der Waals surface area contributed by atoms with Crippen molar-refractivity contribution >= 4 is 0 Å². The molecule has 0 aliphatic carbocycles. The van der Waals surface area contributed by atoms with Crippen molar-refractivity contribution in [2.75, 3.05) is 6.54 Å². The fraction of sp³-hybridized carbons (Fsp3) is 0.222. The molecule has 0 fully saturated rings. The largest absolute Gasteiger partial charge is 0.388 e. The van der Waals surface area contributed by atoms with Crippen molar-refractivity contribution in [3.63, 3.8) is 0 Å². The fourth-order valence-corrected chi connectivity index (χ4v) is 0.999. The van der Waals surface area contributed by atoms with Gasteiger partial charge < -0.3 is 5.11 Å². The van der Waals surface area contributed by atoms with Crippen molar-refractivity contribution in [2.24, 2.45) is 5.11 Å². The first-order valence-electron chi connectivity index (χ1n) is 3.97. The summed E-state index contributed by atoms with van der Waals surface area (Å²) in [5.41, 5.74) is 9.22. The molecule has 1 aromatic carbocycles. The lowest BCUT2D eigenvalue weighted by Gasteiger charge is -2.06. The van der Waals surface area contributed by atoms with Gasteiger partial charge in [0.05, 0.1) is 24.3 Å². The molecule has 0 aliphatic rings. The summed E-state index contributed by atoms with van der Waals surface area (Å²) in [4.78, 5) is 2.55. The topological polar surface area (TPSA) is 92.8 Å². The summed E-state index contributed by atoms with van der Waals surface area (Å²) in [5, 5.41) is 21.3. The Labute approximate surface area is 80.8 Å².